The first-order chi connectivity index (χ1) is 10.8. The fourth-order valence-electron chi connectivity index (χ4n) is 1.63. The highest BCUT2D eigenvalue weighted by Crippen LogP contribution is 2.22. The van der Waals surface area contributed by atoms with Gasteiger partial charge in [0, 0.05) is 6.07 Å². The Morgan fingerprint density at radius 2 is 1.61 bits per heavy atom. The van der Waals surface area contributed by atoms with Crippen LogP contribution in [0.3, 0.4) is 0 Å². The van der Waals surface area contributed by atoms with Crippen molar-refractivity contribution in [1.82, 2.24) is 5.32 Å². The number of anilines is 1. The van der Waals surface area contributed by atoms with Gasteiger partial charge in [0.2, 0.25) is 0 Å². The van der Waals surface area contributed by atoms with E-state index in [0.29, 0.717) is 0 Å². The predicted octanol–water partition coefficient (Wildman–Crippen LogP) is 3.86. The number of hydrogen-bond acceptors (Lipinski definition) is 2. The van der Waals surface area contributed by atoms with Crippen LogP contribution in [0.15, 0.2) is 30.3 Å². The zero-order valence-corrected chi connectivity index (χ0v) is 11.8. The van der Waals surface area contributed by atoms with Crippen LogP contribution >= 0.6 is 11.6 Å². The van der Waals surface area contributed by atoms with E-state index < -0.39 is 40.9 Å². The number of rotatable bonds is 2. The molecule has 0 aromatic heterocycles. The van der Waals surface area contributed by atoms with Crippen LogP contribution in [0.25, 0.3) is 0 Å². The normalized spacial score (nSPS) is 10.3. The first-order valence-corrected chi connectivity index (χ1v) is 6.39. The van der Waals surface area contributed by atoms with Gasteiger partial charge in [0.05, 0.1) is 16.3 Å². The van der Waals surface area contributed by atoms with Crippen LogP contribution in [0.1, 0.15) is 10.4 Å². The standard InChI is InChI=1S/C14H7ClF4N2O2/c15-7-4-2-1-3-6(7)13(22)21-14(23)20-9-5-8(16)10(17)12(19)11(9)18/h1-5H,(H2,20,21,22,23). The summed E-state index contributed by atoms with van der Waals surface area (Å²) in [6.45, 7) is 0. The van der Waals surface area contributed by atoms with E-state index in [0.717, 1.165) is 0 Å². The van der Waals surface area contributed by atoms with Gasteiger partial charge >= 0.3 is 6.03 Å². The van der Waals surface area contributed by atoms with E-state index in [4.69, 9.17) is 11.6 Å². The third-order valence-electron chi connectivity index (χ3n) is 2.70. The highest BCUT2D eigenvalue weighted by molar-refractivity contribution is 6.34. The van der Waals surface area contributed by atoms with Crippen molar-refractivity contribution in [1.29, 1.82) is 0 Å². The molecule has 0 fully saturated rings. The average molecular weight is 347 g/mol. The number of imide groups is 1. The molecule has 0 bridgehead atoms. The number of hydrogen-bond donors (Lipinski definition) is 2. The quantitative estimate of drug-likeness (QED) is 0.493. The topological polar surface area (TPSA) is 58.2 Å². The summed E-state index contributed by atoms with van der Waals surface area (Å²) in [5.41, 5.74) is -1.01. The number of carbonyl (C=O) groups excluding carboxylic acids is 2. The summed E-state index contributed by atoms with van der Waals surface area (Å²) in [7, 11) is 0. The zero-order chi connectivity index (χ0) is 17.1. The number of nitrogens with one attached hydrogen (secondary N) is 2. The van der Waals surface area contributed by atoms with Gasteiger partial charge in [0.15, 0.2) is 23.3 Å². The van der Waals surface area contributed by atoms with Gasteiger partial charge in [-0.3, -0.25) is 10.1 Å². The van der Waals surface area contributed by atoms with Crippen molar-refractivity contribution < 1.29 is 27.2 Å². The second-order valence-corrected chi connectivity index (χ2v) is 4.64. The Morgan fingerprint density at radius 1 is 0.957 bits per heavy atom. The molecule has 2 aromatic rings. The molecule has 0 atom stereocenters. The van der Waals surface area contributed by atoms with Crippen molar-refractivity contribution in [3.8, 4) is 0 Å². The second kappa shape index (κ2) is 6.66. The Morgan fingerprint density at radius 3 is 2.26 bits per heavy atom. The number of amides is 3. The Hall–Kier alpha value is -2.61. The smallest absolute Gasteiger partial charge is 0.305 e. The SMILES string of the molecule is O=C(NC(=O)c1ccccc1Cl)Nc1cc(F)c(F)c(F)c1F. The minimum absolute atomic E-state index is 0.0405. The van der Waals surface area contributed by atoms with Gasteiger partial charge in [-0.25, -0.2) is 22.4 Å². The molecule has 120 valence electrons. The van der Waals surface area contributed by atoms with E-state index >= 15 is 0 Å². The molecule has 0 aliphatic rings. The van der Waals surface area contributed by atoms with Gasteiger partial charge in [-0.05, 0) is 12.1 Å². The maximum Gasteiger partial charge on any atom is 0.326 e. The van der Waals surface area contributed by atoms with Crippen molar-refractivity contribution in [2.75, 3.05) is 5.32 Å². The van der Waals surface area contributed by atoms with Gasteiger partial charge in [0.1, 0.15) is 0 Å². The lowest BCUT2D eigenvalue weighted by molar-refractivity contribution is 0.0967. The Balaban J connectivity index is 2.15. The van der Waals surface area contributed by atoms with Gasteiger partial charge in [-0.2, -0.15) is 0 Å². The minimum atomic E-state index is -2.09. The van der Waals surface area contributed by atoms with Gasteiger partial charge in [0.25, 0.3) is 5.91 Å². The van der Waals surface area contributed by atoms with Gasteiger partial charge in [-0.1, -0.05) is 23.7 Å². The molecule has 2 N–H and O–H groups in total. The first-order valence-electron chi connectivity index (χ1n) is 6.01. The van der Waals surface area contributed by atoms with E-state index in [9.17, 15) is 27.2 Å². The van der Waals surface area contributed by atoms with Gasteiger partial charge in [-0.15, -0.1) is 0 Å². The molecule has 2 rings (SSSR count). The second-order valence-electron chi connectivity index (χ2n) is 4.24. The summed E-state index contributed by atoms with van der Waals surface area (Å²) in [6.07, 6.45) is 0. The molecule has 0 radical (unpaired) electrons. The van der Waals surface area contributed by atoms with Crippen molar-refractivity contribution in [2.24, 2.45) is 0 Å². The van der Waals surface area contributed by atoms with E-state index in [2.05, 4.69) is 0 Å². The van der Waals surface area contributed by atoms with Crippen LogP contribution in [0.4, 0.5) is 28.0 Å². The first kappa shape index (κ1) is 16.8. The van der Waals surface area contributed by atoms with E-state index in [1.807, 2.05) is 0 Å². The van der Waals surface area contributed by atoms with Crippen LogP contribution in [0, 0.1) is 23.3 Å². The van der Waals surface area contributed by atoms with Crippen molar-refractivity contribution >= 4 is 29.2 Å². The summed E-state index contributed by atoms with van der Waals surface area (Å²) in [5.74, 6) is -8.52. The van der Waals surface area contributed by atoms with Crippen LogP contribution in [0.2, 0.25) is 5.02 Å². The van der Waals surface area contributed by atoms with Crippen LogP contribution in [-0.4, -0.2) is 11.9 Å². The Bertz CT molecular complexity index is 799. The molecule has 0 unspecified atom stereocenters. The van der Waals surface area contributed by atoms with Crippen LogP contribution < -0.4 is 10.6 Å². The summed E-state index contributed by atoms with van der Waals surface area (Å²) in [4.78, 5) is 23.4. The summed E-state index contributed by atoms with van der Waals surface area (Å²) in [6, 6.07) is 4.73. The lowest BCUT2D eigenvalue weighted by Crippen LogP contribution is -2.34. The summed E-state index contributed by atoms with van der Waals surface area (Å²) < 4.78 is 52.2. The number of benzene rings is 2. The highest BCUT2D eigenvalue weighted by Gasteiger charge is 2.21. The zero-order valence-electron chi connectivity index (χ0n) is 11.1. The molecule has 3 amide bonds. The molecule has 0 aliphatic carbocycles. The minimum Gasteiger partial charge on any atom is -0.305 e. The number of urea groups is 1. The maximum atomic E-state index is 13.4. The van der Waals surface area contributed by atoms with Crippen molar-refractivity contribution in [3.05, 3.63) is 64.2 Å². The molecule has 9 heteroatoms. The molecular formula is C14H7ClF4N2O2. The summed E-state index contributed by atoms with van der Waals surface area (Å²) >= 11 is 5.75. The van der Waals surface area contributed by atoms with Crippen LogP contribution in [0.5, 0.6) is 0 Å². The highest BCUT2D eigenvalue weighted by atomic mass is 35.5. The largest absolute Gasteiger partial charge is 0.326 e. The van der Waals surface area contributed by atoms with E-state index in [1.54, 1.807) is 16.7 Å². The molecule has 0 spiro atoms. The summed E-state index contributed by atoms with van der Waals surface area (Å²) in [5, 5.41) is 3.55. The number of halogens is 5. The molecule has 23 heavy (non-hydrogen) atoms. The van der Waals surface area contributed by atoms with Crippen molar-refractivity contribution in [2.45, 2.75) is 0 Å². The maximum absolute atomic E-state index is 13.4. The lowest BCUT2D eigenvalue weighted by Gasteiger charge is -2.09. The molecule has 0 aliphatic heterocycles. The number of carbonyl (C=O) groups is 2. The molecule has 0 saturated heterocycles. The third kappa shape index (κ3) is 3.59. The molecular weight excluding hydrogens is 340 g/mol. The molecule has 0 heterocycles. The third-order valence-corrected chi connectivity index (χ3v) is 3.03. The van der Waals surface area contributed by atoms with Gasteiger partial charge < -0.3 is 5.32 Å². The molecule has 0 saturated carbocycles. The van der Waals surface area contributed by atoms with Crippen molar-refractivity contribution in [3.63, 3.8) is 0 Å². The Labute approximate surface area is 132 Å². The molecule has 4 nitrogen and oxygen atoms in total. The Kier molecular flexibility index (Phi) is 4.85. The fraction of sp³-hybridized carbons (Fsp3) is 0. The average Bonchev–Trinajstić information content (AvgIpc) is 2.50. The predicted molar refractivity (Wildman–Crippen MR) is 74.2 cm³/mol. The van der Waals surface area contributed by atoms with Crippen LogP contribution in [-0.2, 0) is 0 Å². The lowest BCUT2D eigenvalue weighted by atomic mass is 10.2. The monoisotopic (exact) mass is 346 g/mol. The van der Waals surface area contributed by atoms with E-state index in [-0.39, 0.29) is 16.7 Å². The fourth-order valence-corrected chi connectivity index (χ4v) is 1.85. The van der Waals surface area contributed by atoms with E-state index in [1.165, 1.54) is 18.2 Å². The molecule has 2 aromatic carbocycles.